The summed E-state index contributed by atoms with van der Waals surface area (Å²) in [6.07, 6.45) is 1.50. The number of aromatic nitrogens is 1. The average molecular weight is 342 g/mol. The van der Waals surface area contributed by atoms with Crippen molar-refractivity contribution in [3.8, 4) is 0 Å². The minimum Gasteiger partial charge on any atom is -0.346 e. The van der Waals surface area contributed by atoms with Crippen LogP contribution in [-0.4, -0.2) is 21.6 Å². The van der Waals surface area contributed by atoms with Crippen LogP contribution in [-0.2, 0) is 11.2 Å². The first-order valence-electron chi connectivity index (χ1n) is 8.04. The summed E-state index contributed by atoms with van der Waals surface area (Å²) in [6, 6.07) is 8.54. The van der Waals surface area contributed by atoms with Crippen molar-refractivity contribution in [3.63, 3.8) is 0 Å². The number of carbonyl (C=O) groups excluding carboxylic acids is 1. The van der Waals surface area contributed by atoms with Gasteiger partial charge in [-0.3, -0.25) is 14.9 Å². The number of nitro groups is 1. The zero-order valence-corrected chi connectivity index (χ0v) is 14.8. The van der Waals surface area contributed by atoms with E-state index in [1.807, 2.05) is 19.9 Å². The number of amides is 1. The first-order valence-corrected chi connectivity index (χ1v) is 8.04. The zero-order valence-electron chi connectivity index (χ0n) is 14.8. The van der Waals surface area contributed by atoms with E-state index in [0.29, 0.717) is 11.6 Å². The van der Waals surface area contributed by atoms with Crippen molar-refractivity contribution in [3.05, 3.63) is 63.0 Å². The third-order valence-corrected chi connectivity index (χ3v) is 3.97. The Morgan fingerprint density at radius 1 is 1.36 bits per heavy atom. The number of hydrogen-bond donors (Lipinski definition) is 1. The van der Waals surface area contributed by atoms with Gasteiger partial charge in [-0.05, 0) is 33.8 Å². The fraction of sp³-hybridized carbons (Fsp3) is 0.333. The van der Waals surface area contributed by atoms with Gasteiger partial charge in [0.05, 0.1) is 17.6 Å². The Bertz CT molecular complexity index is 822. The molecule has 1 amide bonds. The summed E-state index contributed by atoms with van der Waals surface area (Å²) < 4.78 is 2.19. The molecule has 0 radical (unpaired) electrons. The molecule has 0 unspecified atom stereocenters. The highest BCUT2D eigenvalue weighted by molar-refractivity contribution is 5.84. The maximum absolute atomic E-state index is 12.0. The predicted molar refractivity (Wildman–Crippen MR) is 96.8 cm³/mol. The average Bonchev–Trinajstić information content (AvgIpc) is 2.81. The standard InChI is InChI=1S/C18H22N4O3/c1-12(2)21-13(3)9-16(14(21)4)11-19-20-18(23)10-15-7-5-6-8-17(15)22(24)25/h5-9,11-12H,10H2,1-4H3,(H,20,23). The number of rotatable bonds is 6. The second kappa shape index (κ2) is 7.74. The number of hydrogen-bond acceptors (Lipinski definition) is 4. The number of nitrogens with one attached hydrogen (secondary N) is 1. The molecule has 2 aromatic rings. The van der Waals surface area contributed by atoms with Crippen LogP contribution >= 0.6 is 0 Å². The fourth-order valence-corrected chi connectivity index (χ4v) is 2.95. The van der Waals surface area contributed by atoms with Crippen LogP contribution in [0, 0.1) is 24.0 Å². The van der Waals surface area contributed by atoms with Crippen LogP contribution < -0.4 is 5.43 Å². The van der Waals surface area contributed by atoms with Crippen molar-refractivity contribution in [2.45, 2.75) is 40.2 Å². The lowest BCUT2D eigenvalue weighted by molar-refractivity contribution is -0.385. The molecule has 2 rings (SSSR count). The van der Waals surface area contributed by atoms with Gasteiger partial charge in [0.1, 0.15) is 0 Å². The number of aryl methyl sites for hydroxylation is 1. The summed E-state index contributed by atoms with van der Waals surface area (Å²) in [5.41, 5.74) is 5.85. The maximum atomic E-state index is 12.0. The van der Waals surface area contributed by atoms with Crippen molar-refractivity contribution in [1.29, 1.82) is 0 Å². The van der Waals surface area contributed by atoms with E-state index < -0.39 is 10.8 Å². The smallest absolute Gasteiger partial charge is 0.273 e. The van der Waals surface area contributed by atoms with Crippen molar-refractivity contribution < 1.29 is 9.72 Å². The van der Waals surface area contributed by atoms with E-state index >= 15 is 0 Å². The number of para-hydroxylation sites is 1. The Balaban J connectivity index is 2.05. The van der Waals surface area contributed by atoms with Gasteiger partial charge in [0.25, 0.3) is 5.69 Å². The topological polar surface area (TPSA) is 89.5 Å². The summed E-state index contributed by atoms with van der Waals surface area (Å²) in [6.45, 7) is 8.24. The Kier molecular flexibility index (Phi) is 5.69. The molecule has 1 aromatic carbocycles. The molecule has 1 N–H and O–H groups in total. The SMILES string of the molecule is Cc1cc(C=NNC(=O)Cc2ccccc2[N+](=O)[O-])c(C)n1C(C)C. The molecule has 0 fully saturated rings. The molecule has 0 saturated carbocycles. The summed E-state index contributed by atoms with van der Waals surface area (Å²) >= 11 is 0. The zero-order chi connectivity index (χ0) is 18.6. The van der Waals surface area contributed by atoms with Gasteiger partial charge in [-0.2, -0.15) is 5.10 Å². The van der Waals surface area contributed by atoms with Gasteiger partial charge in [-0.1, -0.05) is 18.2 Å². The molecule has 0 aliphatic carbocycles. The molecular weight excluding hydrogens is 320 g/mol. The summed E-state index contributed by atoms with van der Waals surface area (Å²) in [5.74, 6) is -0.400. The van der Waals surface area contributed by atoms with Crippen LogP contribution in [0.25, 0.3) is 0 Å². The van der Waals surface area contributed by atoms with Crippen LogP contribution in [0.3, 0.4) is 0 Å². The largest absolute Gasteiger partial charge is 0.346 e. The first-order chi connectivity index (χ1) is 11.8. The van der Waals surface area contributed by atoms with E-state index in [0.717, 1.165) is 17.0 Å². The van der Waals surface area contributed by atoms with E-state index in [9.17, 15) is 14.9 Å². The van der Waals surface area contributed by atoms with Gasteiger partial charge in [-0.25, -0.2) is 5.43 Å². The number of nitro benzene ring substituents is 1. The monoisotopic (exact) mass is 342 g/mol. The van der Waals surface area contributed by atoms with Crippen molar-refractivity contribution in [1.82, 2.24) is 9.99 Å². The Labute approximate surface area is 146 Å². The van der Waals surface area contributed by atoms with Crippen molar-refractivity contribution >= 4 is 17.8 Å². The van der Waals surface area contributed by atoms with E-state index in [1.54, 1.807) is 24.4 Å². The minimum atomic E-state index is -0.493. The van der Waals surface area contributed by atoms with Gasteiger partial charge < -0.3 is 4.57 Å². The third-order valence-electron chi connectivity index (χ3n) is 3.97. The highest BCUT2D eigenvalue weighted by atomic mass is 16.6. The van der Waals surface area contributed by atoms with Gasteiger partial charge in [0.2, 0.25) is 5.91 Å². The fourth-order valence-electron chi connectivity index (χ4n) is 2.95. The summed E-state index contributed by atoms with van der Waals surface area (Å²) in [7, 11) is 0. The number of carbonyl (C=O) groups is 1. The highest BCUT2D eigenvalue weighted by Crippen LogP contribution is 2.19. The van der Waals surface area contributed by atoms with Crippen LogP contribution in [0.2, 0.25) is 0 Å². The Morgan fingerprint density at radius 2 is 2.04 bits per heavy atom. The summed E-state index contributed by atoms with van der Waals surface area (Å²) in [4.78, 5) is 22.5. The lowest BCUT2D eigenvalue weighted by Crippen LogP contribution is -2.20. The molecule has 25 heavy (non-hydrogen) atoms. The van der Waals surface area contributed by atoms with Gasteiger partial charge >= 0.3 is 0 Å². The van der Waals surface area contributed by atoms with E-state index in [-0.39, 0.29) is 12.1 Å². The van der Waals surface area contributed by atoms with Crippen LogP contribution in [0.1, 0.15) is 42.4 Å². The molecule has 0 saturated heterocycles. The lowest BCUT2D eigenvalue weighted by Gasteiger charge is -2.13. The quantitative estimate of drug-likeness (QED) is 0.496. The minimum absolute atomic E-state index is 0.0675. The molecule has 0 atom stereocenters. The molecule has 0 bridgehead atoms. The number of hydrazone groups is 1. The second-order valence-corrected chi connectivity index (χ2v) is 6.15. The third kappa shape index (κ3) is 4.32. The number of benzene rings is 1. The summed E-state index contributed by atoms with van der Waals surface area (Å²) in [5, 5.41) is 14.9. The normalized spacial score (nSPS) is 11.2. The van der Waals surface area contributed by atoms with Crippen LogP contribution in [0.15, 0.2) is 35.4 Å². The van der Waals surface area contributed by atoms with Crippen molar-refractivity contribution in [2.75, 3.05) is 0 Å². The predicted octanol–water partition coefficient (Wildman–Crippen LogP) is 3.29. The van der Waals surface area contributed by atoms with E-state index in [4.69, 9.17) is 0 Å². The molecule has 0 spiro atoms. The Morgan fingerprint density at radius 3 is 2.64 bits per heavy atom. The highest BCUT2D eigenvalue weighted by Gasteiger charge is 2.15. The molecule has 1 heterocycles. The van der Waals surface area contributed by atoms with Gasteiger partial charge in [0, 0.05) is 34.6 Å². The second-order valence-electron chi connectivity index (χ2n) is 6.15. The van der Waals surface area contributed by atoms with Gasteiger partial charge in [-0.15, -0.1) is 0 Å². The van der Waals surface area contributed by atoms with E-state index in [1.165, 1.54) is 6.07 Å². The van der Waals surface area contributed by atoms with Crippen LogP contribution in [0.4, 0.5) is 5.69 Å². The first kappa shape index (κ1) is 18.4. The lowest BCUT2D eigenvalue weighted by atomic mass is 10.1. The van der Waals surface area contributed by atoms with Gasteiger partial charge in [0.15, 0.2) is 0 Å². The molecule has 7 nitrogen and oxygen atoms in total. The van der Waals surface area contributed by atoms with Crippen molar-refractivity contribution in [2.24, 2.45) is 5.10 Å². The maximum Gasteiger partial charge on any atom is 0.273 e. The van der Waals surface area contributed by atoms with E-state index in [2.05, 4.69) is 28.9 Å². The Hall–Kier alpha value is -2.96. The number of nitrogens with zero attached hydrogens (tertiary/aromatic N) is 3. The molecule has 1 aromatic heterocycles. The molecule has 0 aliphatic heterocycles. The van der Waals surface area contributed by atoms with Crippen LogP contribution in [0.5, 0.6) is 0 Å². The molecule has 7 heteroatoms. The molecule has 0 aliphatic rings. The molecule has 132 valence electrons. The molecular formula is C18H22N4O3.